The average molecular weight is 501 g/mol. The number of aliphatic imine (C=N–C) groups is 1. The fraction of sp³-hybridized carbons (Fsp3) is 0.611. The first-order valence-electron chi connectivity index (χ1n) is 8.78. The molecule has 156 valence electrons. The highest BCUT2D eigenvalue weighted by Gasteiger charge is 2.07. The van der Waals surface area contributed by atoms with Crippen molar-refractivity contribution in [1.29, 1.82) is 0 Å². The molecule has 0 saturated heterocycles. The molecule has 1 aromatic rings. The Morgan fingerprint density at radius 1 is 1.22 bits per heavy atom. The third-order valence-electron chi connectivity index (χ3n) is 3.11. The molecule has 1 unspecified atom stereocenters. The number of benzene rings is 1. The summed E-state index contributed by atoms with van der Waals surface area (Å²) in [7, 11) is 0. The van der Waals surface area contributed by atoms with Crippen LogP contribution in [0.1, 0.15) is 20.8 Å². The van der Waals surface area contributed by atoms with E-state index >= 15 is 0 Å². The lowest BCUT2D eigenvalue weighted by Gasteiger charge is -2.14. The van der Waals surface area contributed by atoms with Crippen LogP contribution in [0, 0.1) is 17.6 Å². The first-order valence-corrected chi connectivity index (χ1v) is 8.78. The first kappa shape index (κ1) is 25.8. The van der Waals surface area contributed by atoms with Gasteiger partial charge in [-0.3, -0.25) is 4.99 Å². The maximum Gasteiger partial charge on any atom is 0.191 e. The Balaban J connectivity index is 0.00000676. The second-order valence-electron chi connectivity index (χ2n) is 6.15. The molecule has 0 bridgehead atoms. The summed E-state index contributed by atoms with van der Waals surface area (Å²) < 4.78 is 36.9. The predicted octanol–water partition coefficient (Wildman–Crippen LogP) is 2.55. The number of hydrogen-bond donors (Lipinski definition) is 3. The topological polar surface area (TPSA) is 75.1 Å². The van der Waals surface area contributed by atoms with Crippen molar-refractivity contribution in [3.63, 3.8) is 0 Å². The van der Waals surface area contributed by atoms with E-state index in [1.165, 1.54) is 6.07 Å². The molecule has 1 rings (SSSR count). The van der Waals surface area contributed by atoms with Crippen molar-refractivity contribution in [1.82, 2.24) is 10.6 Å². The highest BCUT2D eigenvalue weighted by molar-refractivity contribution is 14.0. The smallest absolute Gasteiger partial charge is 0.191 e. The van der Waals surface area contributed by atoms with Crippen LogP contribution < -0.4 is 15.4 Å². The maximum atomic E-state index is 13.5. The quantitative estimate of drug-likeness (QED) is 0.188. The summed E-state index contributed by atoms with van der Waals surface area (Å²) in [6.07, 6.45) is -0.686. The van der Waals surface area contributed by atoms with Gasteiger partial charge in [0.05, 0.1) is 25.8 Å². The Morgan fingerprint density at radius 2 is 1.96 bits per heavy atom. The van der Waals surface area contributed by atoms with Gasteiger partial charge in [0.15, 0.2) is 17.5 Å². The average Bonchev–Trinajstić information content (AvgIpc) is 2.57. The maximum absolute atomic E-state index is 13.5. The van der Waals surface area contributed by atoms with Crippen molar-refractivity contribution in [3.05, 3.63) is 29.8 Å². The van der Waals surface area contributed by atoms with Crippen molar-refractivity contribution in [2.24, 2.45) is 10.9 Å². The Bertz CT molecular complexity index is 563. The highest BCUT2D eigenvalue weighted by atomic mass is 127. The van der Waals surface area contributed by atoms with Gasteiger partial charge in [-0.2, -0.15) is 0 Å². The Kier molecular flexibility index (Phi) is 14.2. The summed E-state index contributed by atoms with van der Waals surface area (Å²) in [6.45, 7) is 8.21. The van der Waals surface area contributed by atoms with Crippen LogP contribution in [-0.4, -0.2) is 56.6 Å². The van der Waals surface area contributed by atoms with E-state index in [9.17, 15) is 13.9 Å². The molecule has 0 heterocycles. The van der Waals surface area contributed by atoms with Crippen molar-refractivity contribution in [2.75, 3.05) is 39.5 Å². The molecule has 1 atom stereocenters. The standard InChI is InChI=1S/C18H29F2N3O3.HI/c1-4-21-18(23-10-15(24)12-25-11-13(2)3)22-7-8-26-17-6-5-14(19)9-16(17)20;/h5-6,9,13,15,24H,4,7-8,10-12H2,1-3H3,(H2,21,22,23);1H. The summed E-state index contributed by atoms with van der Waals surface area (Å²) >= 11 is 0. The van der Waals surface area contributed by atoms with E-state index in [1.54, 1.807) is 0 Å². The molecule has 0 saturated carbocycles. The molecule has 0 amide bonds. The number of hydrogen-bond acceptors (Lipinski definition) is 4. The van der Waals surface area contributed by atoms with Crippen LogP contribution in [0.15, 0.2) is 23.2 Å². The molecular weight excluding hydrogens is 471 g/mol. The van der Waals surface area contributed by atoms with Crippen LogP contribution in [0.4, 0.5) is 8.78 Å². The highest BCUT2D eigenvalue weighted by Crippen LogP contribution is 2.17. The van der Waals surface area contributed by atoms with E-state index in [4.69, 9.17) is 9.47 Å². The molecule has 0 radical (unpaired) electrons. The van der Waals surface area contributed by atoms with E-state index < -0.39 is 17.7 Å². The minimum absolute atomic E-state index is 0. The van der Waals surface area contributed by atoms with E-state index in [-0.39, 0.29) is 49.5 Å². The Morgan fingerprint density at radius 3 is 2.59 bits per heavy atom. The van der Waals surface area contributed by atoms with Gasteiger partial charge in [0.1, 0.15) is 12.4 Å². The zero-order valence-corrected chi connectivity index (χ0v) is 18.3. The fourth-order valence-electron chi connectivity index (χ4n) is 1.95. The molecule has 27 heavy (non-hydrogen) atoms. The van der Waals surface area contributed by atoms with Crippen LogP contribution >= 0.6 is 24.0 Å². The second kappa shape index (κ2) is 14.8. The van der Waals surface area contributed by atoms with Crippen molar-refractivity contribution in [3.8, 4) is 5.75 Å². The van der Waals surface area contributed by atoms with Gasteiger partial charge in [0.25, 0.3) is 0 Å². The number of nitrogens with zero attached hydrogens (tertiary/aromatic N) is 1. The predicted molar refractivity (Wildman–Crippen MR) is 113 cm³/mol. The number of nitrogens with one attached hydrogen (secondary N) is 2. The van der Waals surface area contributed by atoms with Crippen molar-refractivity contribution in [2.45, 2.75) is 26.9 Å². The Hall–Kier alpha value is -1.20. The summed E-state index contributed by atoms with van der Waals surface area (Å²) in [5.74, 6) is -0.470. The van der Waals surface area contributed by atoms with Crippen molar-refractivity contribution < 1.29 is 23.4 Å². The van der Waals surface area contributed by atoms with Gasteiger partial charge in [0.2, 0.25) is 0 Å². The number of aliphatic hydroxyl groups excluding tert-OH is 1. The summed E-state index contributed by atoms with van der Waals surface area (Å²) in [4.78, 5) is 4.27. The lowest BCUT2D eigenvalue weighted by molar-refractivity contribution is 0.0301. The monoisotopic (exact) mass is 501 g/mol. The van der Waals surface area contributed by atoms with Gasteiger partial charge in [-0.15, -0.1) is 24.0 Å². The third-order valence-corrected chi connectivity index (χ3v) is 3.11. The van der Waals surface area contributed by atoms with Gasteiger partial charge in [-0.1, -0.05) is 13.8 Å². The molecule has 0 aliphatic heterocycles. The number of aliphatic hydroxyl groups is 1. The van der Waals surface area contributed by atoms with Gasteiger partial charge in [0, 0.05) is 19.2 Å². The Labute approximate surface area is 176 Å². The number of guanidine groups is 1. The molecule has 9 heteroatoms. The molecule has 3 N–H and O–H groups in total. The van der Waals surface area contributed by atoms with Gasteiger partial charge in [-0.05, 0) is 25.0 Å². The van der Waals surface area contributed by atoms with E-state index in [0.717, 1.165) is 12.1 Å². The molecule has 0 aromatic heterocycles. The van der Waals surface area contributed by atoms with Crippen LogP contribution in [0.3, 0.4) is 0 Å². The minimum Gasteiger partial charge on any atom is -0.489 e. The number of ether oxygens (including phenoxy) is 2. The molecule has 0 spiro atoms. The zero-order valence-electron chi connectivity index (χ0n) is 16.0. The SMILES string of the molecule is CCNC(=NCC(O)COCC(C)C)NCCOc1ccc(F)cc1F.I. The van der Waals surface area contributed by atoms with Crippen LogP contribution in [0.5, 0.6) is 5.75 Å². The van der Waals surface area contributed by atoms with E-state index in [2.05, 4.69) is 15.6 Å². The zero-order chi connectivity index (χ0) is 19.4. The third kappa shape index (κ3) is 12.0. The van der Waals surface area contributed by atoms with Crippen molar-refractivity contribution >= 4 is 29.9 Å². The number of halogens is 3. The summed E-state index contributed by atoms with van der Waals surface area (Å²) in [5, 5.41) is 15.9. The molecule has 0 fully saturated rings. The van der Waals surface area contributed by atoms with Crippen LogP contribution in [0.2, 0.25) is 0 Å². The summed E-state index contributed by atoms with van der Waals surface area (Å²) in [5.41, 5.74) is 0. The molecule has 1 aromatic carbocycles. The molecule has 0 aliphatic rings. The lowest BCUT2D eigenvalue weighted by atomic mass is 10.2. The van der Waals surface area contributed by atoms with E-state index in [1.807, 2.05) is 20.8 Å². The lowest BCUT2D eigenvalue weighted by Crippen LogP contribution is -2.40. The molecule has 0 aliphatic carbocycles. The van der Waals surface area contributed by atoms with E-state index in [0.29, 0.717) is 31.6 Å². The van der Waals surface area contributed by atoms with Crippen LogP contribution in [0.25, 0.3) is 0 Å². The minimum atomic E-state index is -0.741. The fourth-order valence-corrected chi connectivity index (χ4v) is 1.95. The van der Waals surface area contributed by atoms with Crippen LogP contribution in [-0.2, 0) is 4.74 Å². The van der Waals surface area contributed by atoms with Gasteiger partial charge < -0.3 is 25.2 Å². The largest absolute Gasteiger partial charge is 0.489 e. The molecular formula is C18H30F2IN3O3. The van der Waals surface area contributed by atoms with Gasteiger partial charge in [-0.25, -0.2) is 8.78 Å². The second-order valence-corrected chi connectivity index (χ2v) is 6.15. The normalized spacial score (nSPS) is 12.5. The molecule has 6 nitrogen and oxygen atoms in total. The van der Waals surface area contributed by atoms with Gasteiger partial charge >= 0.3 is 0 Å². The number of rotatable bonds is 11. The summed E-state index contributed by atoms with van der Waals surface area (Å²) in [6, 6.07) is 3.16. The first-order chi connectivity index (χ1) is 12.4.